The molecule has 3 heteroatoms. The Hall–Kier alpha value is -0.670. The Balaban J connectivity index is 2.58. The van der Waals surface area contributed by atoms with Crippen LogP contribution in [0.5, 0.6) is 0 Å². The summed E-state index contributed by atoms with van der Waals surface area (Å²) in [6, 6.07) is 0.0514. The predicted octanol–water partition coefficient (Wildman–Crippen LogP) is 1.90. The monoisotopic (exact) mass is 182 g/mol. The maximum atomic E-state index is 5.82. The molecule has 0 saturated carbocycles. The van der Waals surface area contributed by atoms with E-state index in [1.807, 2.05) is 19.2 Å². The fourth-order valence-electron chi connectivity index (χ4n) is 0.859. The fraction of sp³-hybridized carbons (Fsp3) is 0.444. The van der Waals surface area contributed by atoms with Crippen molar-refractivity contribution in [2.24, 2.45) is 5.73 Å². The third-order valence-electron chi connectivity index (χ3n) is 1.69. The first-order valence-corrected chi connectivity index (χ1v) is 4.79. The molecule has 1 heterocycles. The quantitative estimate of drug-likeness (QED) is 0.725. The van der Waals surface area contributed by atoms with E-state index in [2.05, 4.69) is 11.6 Å². The minimum Gasteiger partial charge on any atom is -0.324 e. The first-order chi connectivity index (χ1) is 5.59. The Bertz CT molecular complexity index is 278. The zero-order valence-electron chi connectivity index (χ0n) is 7.50. The number of nitrogens with two attached hydrogens (primary N) is 1. The van der Waals surface area contributed by atoms with E-state index in [-0.39, 0.29) is 6.04 Å². The van der Waals surface area contributed by atoms with Crippen LogP contribution >= 0.6 is 11.3 Å². The summed E-state index contributed by atoms with van der Waals surface area (Å²) in [6.45, 7) is 7.75. The molecule has 0 amide bonds. The molecule has 1 aromatic heterocycles. The summed E-state index contributed by atoms with van der Waals surface area (Å²) in [5.41, 5.74) is 7.91. The second kappa shape index (κ2) is 3.83. The average molecular weight is 182 g/mol. The van der Waals surface area contributed by atoms with Crippen molar-refractivity contribution in [1.29, 1.82) is 0 Å². The number of thiazole rings is 1. The van der Waals surface area contributed by atoms with Crippen LogP contribution in [0.4, 0.5) is 0 Å². The Morgan fingerprint density at radius 3 is 2.92 bits per heavy atom. The van der Waals surface area contributed by atoms with Gasteiger partial charge in [-0.2, -0.15) is 0 Å². The zero-order chi connectivity index (χ0) is 9.14. The van der Waals surface area contributed by atoms with Crippen molar-refractivity contribution in [1.82, 2.24) is 4.98 Å². The van der Waals surface area contributed by atoms with Crippen molar-refractivity contribution in [3.05, 3.63) is 28.2 Å². The van der Waals surface area contributed by atoms with E-state index < -0.39 is 0 Å². The molecule has 2 nitrogen and oxygen atoms in total. The van der Waals surface area contributed by atoms with Gasteiger partial charge < -0.3 is 5.73 Å². The lowest BCUT2D eigenvalue weighted by atomic mass is 10.1. The van der Waals surface area contributed by atoms with Gasteiger partial charge in [0.1, 0.15) is 0 Å². The van der Waals surface area contributed by atoms with Crippen molar-refractivity contribution in [3.8, 4) is 0 Å². The predicted molar refractivity (Wildman–Crippen MR) is 53.3 cm³/mol. The van der Waals surface area contributed by atoms with Crippen LogP contribution in [0.15, 0.2) is 17.5 Å². The van der Waals surface area contributed by atoms with E-state index in [1.165, 1.54) is 0 Å². The van der Waals surface area contributed by atoms with Crippen molar-refractivity contribution < 1.29 is 0 Å². The highest BCUT2D eigenvalue weighted by atomic mass is 32.1. The maximum absolute atomic E-state index is 5.82. The fourth-order valence-corrected chi connectivity index (χ4v) is 1.69. The minimum absolute atomic E-state index is 0.0514. The SMILES string of the molecule is C=C(C)C(N)Cc1nc(C)cs1. The van der Waals surface area contributed by atoms with Crippen LogP contribution in [0.1, 0.15) is 17.6 Å². The number of aromatic nitrogens is 1. The molecule has 1 aromatic rings. The molecule has 1 atom stereocenters. The summed E-state index contributed by atoms with van der Waals surface area (Å²) in [5, 5.41) is 3.14. The van der Waals surface area contributed by atoms with Crippen molar-refractivity contribution in [2.75, 3.05) is 0 Å². The highest BCUT2D eigenvalue weighted by Crippen LogP contribution is 2.12. The van der Waals surface area contributed by atoms with Crippen LogP contribution in [-0.4, -0.2) is 11.0 Å². The summed E-state index contributed by atoms with van der Waals surface area (Å²) < 4.78 is 0. The third kappa shape index (κ3) is 2.43. The largest absolute Gasteiger partial charge is 0.324 e. The van der Waals surface area contributed by atoms with Crippen LogP contribution < -0.4 is 5.73 Å². The minimum atomic E-state index is 0.0514. The van der Waals surface area contributed by atoms with E-state index in [1.54, 1.807) is 11.3 Å². The van der Waals surface area contributed by atoms with E-state index in [4.69, 9.17) is 5.73 Å². The van der Waals surface area contributed by atoms with Gasteiger partial charge in [-0.15, -0.1) is 11.3 Å². The number of nitrogens with zero attached hydrogens (tertiary/aromatic N) is 1. The molecule has 0 radical (unpaired) electrons. The van der Waals surface area contributed by atoms with Crippen LogP contribution in [0.3, 0.4) is 0 Å². The van der Waals surface area contributed by atoms with E-state index in [0.717, 1.165) is 22.7 Å². The molecule has 0 aliphatic carbocycles. The maximum Gasteiger partial charge on any atom is 0.0946 e. The lowest BCUT2D eigenvalue weighted by Gasteiger charge is -2.07. The van der Waals surface area contributed by atoms with Crippen molar-refractivity contribution >= 4 is 11.3 Å². The molecule has 66 valence electrons. The normalized spacial score (nSPS) is 12.9. The zero-order valence-corrected chi connectivity index (χ0v) is 8.32. The Kier molecular flexibility index (Phi) is 3.00. The number of rotatable bonds is 3. The van der Waals surface area contributed by atoms with Gasteiger partial charge >= 0.3 is 0 Å². The molecular formula is C9H14N2S. The van der Waals surface area contributed by atoms with Gasteiger partial charge in [0.2, 0.25) is 0 Å². The third-order valence-corrected chi connectivity index (χ3v) is 2.68. The lowest BCUT2D eigenvalue weighted by molar-refractivity contribution is 0.760. The average Bonchev–Trinajstić information content (AvgIpc) is 2.35. The summed E-state index contributed by atoms with van der Waals surface area (Å²) in [4.78, 5) is 4.33. The Morgan fingerprint density at radius 1 is 1.83 bits per heavy atom. The number of hydrogen-bond acceptors (Lipinski definition) is 3. The van der Waals surface area contributed by atoms with Crippen LogP contribution in [0.2, 0.25) is 0 Å². The van der Waals surface area contributed by atoms with Gasteiger partial charge in [-0.05, 0) is 13.8 Å². The molecule has 0 spiro atoms. The Morgan fingerprint density at radius 2 is 2.50 bits per heavy atom. The van der Waals surface area contributed by atoms with Crippen LogP contribution in [0, 0.1) is 6.92 Å². The lowest BCUT2D eigenvalue weighted by Crippen LogP contribution is -2.23. The summed E-state index contributed by atoms with van der Waals surface area (Å²) in [5.74, 6) is 0. The molecule has 0 fully saturated rings. The van der Waals surface area contributed by atoms with Gasteiger partial charge in [0.15, 0.2) is 0 Å². The van der Waals surface area contributed by atoms with Crippen molar-refractivity contribution in [3.63, 3.8) is 0 Å². The van der Waals surface area contributed by atoms with Crippen LogP contribution in [0.25, 0.3) is 0 Å². The summed E-state index contributed by atoms with van der Waals surface area (Å²) in [7, 11) is 0. The van der Waals surface area contributed by atoms with E-state index >= 15 is 0 Å². The first kappa shape index (κ1) is 9.42. The van der Waals surface area contributed by atoms with Crippen molar-refractivity contribution in [2.45, 2.75) is 26.3 Å². The molecule has 0 saturated heterocycles. The molecule has 2 N–H and O–H groups in total. The molecule has 0 aliphatic heterocycles. The number of aryl methyl sites for hydroxylation is 1. The highest BCUT2D eigenvalue weighted by molar-refractivity contribution is 7.09. The molecule has 1 unspecified atom stereocenters. The molecule has 0 bridgehead atoms. The van der Waals surface area contributed by atoms with Gasteiger partial charge in [-0.1, -0.05) is 12.2 Å². The smallest absolute Gasteiger partial charge is 0.0946 e. The first-order valence-electron chi connectivity index (χ1n) is 3.91. The Labute approximate surface area is 77.1 Å². The van der Waals surface area contributed by atoms with E-state index in [0.29, 0.717) is 0 Å². The van der Waals surface area contributed by atoms with Gasteiger partial charge in [0.05, 0.1) is 5.01 Å². The number of hydrogen-bond donors (Lipinski definition) is 1. The van der Waals surface area contributed by atoms with Gasteiger partial charge in [-0.25, -0.2) is 4.98 Å². The summed E-state index contributed by atoms with van der Waals surface area (Å²) in [6.07, 6.45) is 0.813. The summed E-state index contributed by atoms with van der Waals surface area (Å²) >= 11 is 1.66. The van der Waals surface area contributed by atoms with Gasteiger partial charge in [0.25, 0.3) is 0 Å². The van der Waals surface area contributed by atoms with Gasteiger partial charge in [0, 0.05) is 23.5 Å². The second-order valence-electron chi connectivity index (χ2n) is 3.04. The molecule has 0 aliphatic rings. The molecular weight excluding hydrogens is 168 g/mol. The molecule has 1 rings (SSSR count). The highest BCUT2D eigenvalue weighted by Gasteiger charge is 2.06. The van der Waals surface area contributed by atoms with Crippen LogP contribution in [-0.2, 0) is 6.42 Å². The molecule has 12 heavy (non-hydrogen) atoms. The standard InChI is InChI=1S/C9H14N2S/c1-6(2)8(10)4-9-11-7(3)5-12-9/h5,8H,1,4,10H2,2-3H3. The topological polar surface area (TPSA) is 38.9 Å². The van der Waals surface area contributed by atoms with Gasteiger partial charge in [-0.3, -0.25) is 0 Å². The second-order valence-corrected chi connectivity index (χ2v) is 3.98. The molecule has 0 aromatic carbocycles. The van der Waals surface area contributed by atoms with E-state index in [9.17, 15) is 0 Å².